The van der Waals surface area contributed by atoms with E-state index >= 15 is 0 Å². The van der Waals surface area contributed by atoms with Crippen molar-refractivity contribution in [2.75, 3.05) is 0 Å². The van der Waals surface area contributed by atoms with Gasteiger partial charge in [0, 0.05) is 16.5 Å². The standard InChI is InChI=1S/C19H23N3OS/c1-11-15(24-19(22-11)12-5-3-2-4-6-12)10-21-18(23)16-13-7-8-14(9-13)17(16)20/h2-6,13-14,16-17H,7-10,20H2,1H3,(H,21,23). The van der Waals surface area contributed by atoms with Crippen LogP contribution in [0, 0.1) is 24.7 Å². The number of fused-ring (bicyclic) bond motifs is 2. The molecular formula is C19H23N3OS. The molecule has 4 rings (SSSR count). The highest BCUT2D eigenvalue weighted by Crippen LogP contribution is 2.47. The van der Waals surface area contributed by atoms with E-state index < -0.39 is 0 Å². The fraction of sp³-hybridized carbons (Fsp3) is 0.474. The van der Waals surface area contributed by atoms with Crippen molar-refractivity contribution in [1.29, 1.82) is 0 Å². The normalized spacial score (nSPS) is 28.2. The first-order valence-electron chi connectivity index (χ1n) is 8.68. The minimum Gasteiger partial charge on any atom is -0.351 e. The monoisotopic (exact) mass is 341 g/mol. The lowest BCUT2D eigenvalue weighted by Crippen LogP contribution is -2.45. The molecule has 4 nitrogen and oxygen atoms in total. The molecule has 2 aliphatic carbocycles. The van der Waals surface area contributed by atoms with E-state index in [9.17, 15) is 4.79 Å². The van der Waals surface area contributed by atoms with E-state index in [2.05, 4.69) is 22.4 Å². The van der Waals surface area contributed by atoms with Gasteiger partial charge in [0.1, 0.15) is 5.01 Å². The Kier molecular flexibility index (Phi) is 4.14. The number of hydrogen-bond donors (Lipinski definition) is 2. The van der Waals surface area contributed by atoms with Crippen molar-refractivity contribution < 1.29 is 4.79 Å². The minimum absolute atomic E-state index is 0.00516. The second kappa shape index (κ2) is 6.30. The smallest absolute Gasteiger partial charge is 0.225 e. The molecule has 1 amide bonds. The number of amides is 1. The lowest BCUT2D eigenvalue weighted by molar-refractivity contribution is -0.127. The number of carbonyl (C=O) groups excluding carboxylic acids is 1. The molecule has 1 heterocycles. The van der Waals surface area contributed by atoms with E-state index in [4.69, 9.17) is 5.73 Å². The third-order valence-corrected chi connectivity index (χ3v) is 6.83. The summed E-state index contributed by atoms with van der Waals surface area (Å²) in [6, 6.07) is 10.2. The number of aryl methyl sites for hydroxylation is 1. The van der Waals surface area contributed by atoms with Crippen LogP contribution < -0.4 is 11.1 Å². The summed E-state index contributed by atoms with van der Waals surface area (Å²) < 4.78 is 0. The lowest BCUT2D eigenvalue weighted by Gasteiger charge is -2.26. The first-order chi connectivity index (χ1) is 11.6. The molecule has 3 N–H and O–H groups in total. The highest BCUT2D eigenvalue weighted by molar-refractivity contribution is 7.15. The summed E-state index contributed by atoms with van der Waals surface area (Å²) in [7, 11) is 0. The van der Waals surface area contributed by atoms with Crippen LogP contribution in [0.3, 0.4) is 0 Å². The van der Waals surface area contributed by atoms with Gasteiger partial charge in [0.15, 0.2) is 0 Å². The van der Waals surface area contributed by atoms with Gasteiger partial charge >= 0.3 is 0 Å². The third-order valence-electron chi connectivity index (χ3n) is 5.62. The Labute approximate surface area is 146 Å². The van der Waals surface area contributed by atoms with E-state index in [1.807, 2.05) is 25.1 Å². The van der Waals surface area contributed by atoms with Crippen molar-refractivity contribution in [3.63, 3.8) is 0 Å². The first-order valence-corrected chi connectivity index (χ1v) is 9.50. The summed E-state index contributed by atoms with van der Waals surface area (Å²) >= 11 is 1.66. The predicted molar refractivity (Wildman–Crippen MR) is 96.4 cm³/mol. The molecule has 2 fully saturated rings. The van der Waals surface area contributed by atoms with E-state index in [1.165, 1.54) is 6.42 Å². The molecule has 126 valence electrons. The highest BCUT2D eigenvalue weighted by atomic mass is 32.1. The van der Waals surface area contributed by atoms with E-state index in [0.29, 0.717) is 18.4 Å². The largest absolute Gasteiger partial charge is 0.351 e. The minimum atomic E-state index is 0.00516. The maximum Gasteiger partial charge on any atom is 0.225 e. The molecular weight excluding hydrogens is 318 g/mol. The van der Waals surface area contributed by atoms with Gasteiger partial charge in [0.05, 0.1) is 18.2 Å². The topological polar surface area (TPSA) is 68.0 Å². The quantitative estimate of drug-likeness (QED) is 0.898. The zero-order chi connectivity index (χ0) is 16.7. The number of nitrogens with one attached hydrogen (secondary N) is 1. The average Bonchev–Trinajstić information content (AvgIpc) is 3.28. The fourth-order valence-corrected chi connectivity index (χ4v) is 5.31. The molecule has 0 spiro atoms. The molecule has 2 aliphatic rings. The Morgan fingerprint density at radius 3 is 2.75 bits per heavy atom. The number of nitrogens with two attached hydrogens (primary N) is 1. The van der Waals surface area contributed by atoms with Gasteiger partial charge in [0.25, 0.3) is 0 Å². The molecule has 1 aromatic carbocycles. The van der Waals surface area contributed by atoms with Crippen molar-refractivity contribution in [2.45, 2.75) is 38.8 Å². The van der Waals surface area contributed by atoms with Crippen molar-refractivity contribution in [3.05, 3.63) is 40.9 Å². The molecule has 2 aromatic rings. The van der Waals surface area contributed by atoms with Gasteiger partial charge in [-0.3, -0.25) is 4.79 Å². The van der Waals surface area contributed by atoms with Gasteiger partial charge in [-0.05, 0) is 38.0 Å². The Hall–Kier alpha value is -1.72. The number of carbonyl (C=O) groups is 1. The Balaban J connectivity index is 1.43. The fourth-order valence-electron chi connectivity index (χ4n) is 4.31. The lowest BCUT2D eigenvalue weighted by atomic mass is 9.84. The number of nitrogens with zero attached hydrogens (tertiary/aromatic N) is 1. The van der Waals surface area contributed by atoms with Gasteiger partial charge in [-0.2, -0.15) is 0 Å². The van der Waals surface area contributed by atoms with Crippen LogP contribution in [-0.4, -0.2) is 16.9 Å². The average molecular weight is 341 g/mol. The van der Waals surface area contributed by atoms with Crippen molar-refractivity contribution in [2.24, 2.45) is 23.5 Å². The zero-order valence-corrected chi connectivity index (χ0v) is 14.7. The molecule has 2 bridgehead atoms. The molecule has 1 aromatic heterocycles. The van der Waals surface area contributed by atoms with Crippen LogP contribution in [0.5, 0.6) is 0 Å². The van der Waals surface area contributed by atoms with Crippen LogP contribution in [-0.2, 0) is 11.3 Å². The maximum atomic E-state index is 12.6. The number of rotatable bonds is 4. The SMILES string of the molecule is Cc1nc(-c2ccccc2)sc1CNC(=O)C1C2CCC(C2)C1N. The molecule has 2 saturated carbocycles. The highest BCUT2D eigenvalue weighted by Gasteiger charge is 2.48. The van der Waals surface area contributed by atoms with Crippen molar-refractivity contribution >= 4 is 17.2 Å². The Bertz CT molecular complexity index is 740. The van der Waals surface area contributed by atoms with Gasteiger partial charge in [0.2, 0.25) is 5.91 Å². The third kappa shape index (κ3) is 2.76. The second-order valence-corrected chi connectivity index (χ2v) is 8.13. The summed E-state index contributed by atoms with van der Waals surface area (Å²) in [6.07, 6.45) is 3.50. The summed E-state index contributed by atoms with van der Waals surface area (Å²) in [5.41, 5.74) is 8.39. The number of aromatic nitrogens is 1. The van der Waals surface area contributed by atoms with Crippen LogP contribution in [0.4, 0.5) is 0 Å². The molecule has 0 radical (unpaired) electrons. The number of benzene rings is 1. The van der Waals surface area contributed by atoms with Crippen LogP contribution in [0.2, 0.25) is 0 Å². The second-order valence-electron chi connectivity index (χ2n) is 7.05. The predicted octanol–water partition coefficient (Wildman–Crippen LogP) is 3.11. The molecule has 5 heteroatoms. The summed E-state index contributed by atoms with van der Waals surface area (Å²) in [5, 5.41) is 4.12. The van der Waals surface area contributed by atoms with E-state index in [0.717, 1.165) is 34.0 Å². The molecule has 4 unspecified atom stereocenters. The van der Waals surface area contributed by atoms with Crippen molar-refractivity contribution in [1.82, 2.24) is 10.3 Å². The summed E-state index contributed by atoms with van der Waals surface area (Å²) in [4.78, 5) is 18.4. The van der Waals surface area contributed by atoms with Gasteiger partial charge in [-0.1, -0.05) is 30.3 Å². The van der Waals surface area contributed by atoms with Crippen LogP contribution in [0.1, 0.15) is 29.8 Å². The van der Waals surface area contributed by atoms with Crippen LogP contribution in [0.25, 0.3) is 10.6 Å². The molecule has 0 aliphatic heterocycles. The van der Waals surface area contributed by atoms with Gasteiger partial charge in [-0.25, -0.2) is 4.98 Å². The van der Waals surface area contributed by atoms with Crippen molar-refractivity contribution in [3.8, 4) is 10.6 Å². The van der Waals surface area contributed by atoms with Gasteiger partial charge in [-0.15, -0.1) is 11.3 Å². The Morgan fingerprint density at radius 2 is 2.04 bits per heavy atom. The van der Waals surface area contributed by atoms with Gasteiger partial charge < -0.3 is 11.1 Å². The van der Waals surface area contributed by atoms with Crippen LogP contribution >= 0.6 is 11.3 Å². The molecule has 0 saturated heterocycles. The number of hydrogen-bond acceptors (Lipinski definition) is 4. The van der Waals surface area contributed by atoms with Crippen LogP contribution in [0.15, 0.2) is 30.3 Å². The molecule has 4 atom stereocenters. The zero-order valence-electron chi connectivity index (χ0n) is 13.9. The summed E-state index contributed by atoms with van der Waals surface area (Å²) in [5.74, 6) is 1.18. The van der Waals surface area contributed by atoms with E-state index in [1.54, 1.807) is 11.3 Å². The summed E-state index contributed by atoms with van der Waals surface area (Å²) in [6.45, 7) is 2.56. The Morgan fingerprint density at radius 1 is 1.29 bits per heavy atom. The first kappa shape index (κ1) is 15.8. The molecule has 24 heavy (non-hydrogen) atoms. The maximum absolute atomic E-state index is 12.6. The number of thiazole rings is 1. The van der Waals surface area contributed by atoms with E-state index in [-0.39, 0.29) is 17.9 Å².